The maximum absolute atomic E-state index is 10.7. The molecule has 0 aliphatic rings. The predicted molar refractivity (Wildman–Crippen MR) is 73.2 cm³/mol. The maximum Gasteiger partial charge on any atom is 0.191 e. The van der Waals surface area contributed by atoms with Crippen LogP contribution in [0.1, 0.15) is 43.4 Å². The number of rotatable bonds is 6. The van der Waals surface area contributed by atoms with Crippen molar-refractivity contribution in [3.8, 4) is 0 Å². The van der Waals surface area contributed by atoms with Crippen molar-refractivity contribution in [1.82, 2.24) is 15.4 Å². The normalized spacial score (nSPS) is 12.7. The molecule has 0 radical (unpaired) electrons. The Balaban J connectivity index is 2.38. The molecule has 1 rings (SSSR count). The van der Waals surface area contributed by atoms with Crippen molar-refractivity contribution < 1.29 is 9.22 Å². The van der Waals surface area contributed by atoms with Crippen LogP contribution in [0, 0.1) is 0 Å². The van der Waals surface area contributed by atoms with Crippen molar-refractivity contribution in [3.05, 3.63) is 11.4 Å². The fourth-order valence-corrected chi connectivity index (χ4v) is 2.41. The molecule has 0 spiro atoms. The van der Waals surface area contributed by atoms with Crippen LogP contribution in [0.4, 0.5) is 0 Å². The van der Waals surface area contributed by atoms with E-state index in [4.69, 9.17) is 4.43 Å². The van der Waals surface area contributed by atoms with Gasteiger partial charge in [-0.1, -0.05) is 20.8 Å². The fourth-order valence-electron chi connectivity index (χ4n) is 1.32. The molecule has 0 aromatic carbocycles. The molecule has 0 unspecified atom stereocenters. The van der Waals surface area contributed by atoms with Gasteiger partial charge in [-0.15, -0.1) is 0 Å². The summed E-state index contributed by atoms with van der Waals surface area (Å²) < 4.78 is 6.06. The Kier molecular flexibility index (Phi) is 4.81. The van der Waals surface area contributed by atoms with E-state index >= 15 is 0 Å². The van der Waals surface area contributed by atoms with Crippen LogP contribution in [0.15, 0.2) is 0 Å². The van der Waals surface area contributed by atoms with Gasteiger partial charge in [0.25, 0.3) is 0 Å². The number of carbonyl (C=O) groups is 1. The van der Waals surface area contributed by atoms with Crippen molar-refractivity contribution in [2.75, 3.05) is 6.61 Å². The lowest BCUT2D eigenvalue weighted by Crippen LogP contribution is -2.41. The summed E-state index contributed by atoms with van der Waals surface area (Å²) in [4.78, 5) is 10.7. The Labute approximate surface area is 109 Å². The average Bonchev–Trinajstić information content (AvgIpc) is 2.70. The van der Waals surface area contributed by atoms with E-state index in [0.717, 1.165) is 24.8 Å². The van der Waals surface area contributed by atoms with Crippen LogP contribution in [0.5, 0.6) is 0 Å². The van der Waals surface area contributed by atoms with E-state index in [1.807, 2.05) is 0 Å². The van der Waals surface area contributed by atoms with Crippen LogP contribution in [0.2, 0.25) is 18.1 Å². The maximum atomic E-state index is 10.7. The van der Waals surface area contributed by atoms with Gasteiger partial charge in [0, 0.05) is 6.61 Å². The van der Waals surface area contributed by atoms with Gasteiger partial charge >= 0.3 is 0 Å². The third-order valence-electron chi connectivity index (χ3n) is 3.59. The van der Waals surface area contributed by atoms with Crippen molar-refractivity contribution in [3.63, 3.8) is 0 Å². The van der Waals surface area contributed by atoms with Gasteiger partial charge in [-0.25, -0.2) is 0 Å². The van der Waals surface area contributed by atoms with Crippen molar-refractivity contribution >= 4 is 14.6 Å². The highest BCUT2D eigenvalue weighted by Gasteiger charge is 2.36. The quantitative estimate of drug-likeness (QED) is 0.489. The number of aromatic nitrogens is 3. The summed E-state index contributed by atoms with van der Waals surface area (Å²) >= 11 is 0. The van der Waals surface area contributed by atoms with Crippen molar-refractivity contribution in [1.29, 1.82) is 0 Å². The summed E-state index contributed by atoms with van der Waals surface area (Å²) in [5.74, 6) is 0. The number of H-pyrrole nitrogens is 1. The molecule has 0 fully saturated rings. The molecule has 0 aliphatic carbocycles. The molecule has 0 bridgehead atoms. The SMILES string of the molecule is CC(C)(C)[Si](C)(C)OCCCc1n[nH]nc1C=O. The molecular weight excluding hydrogens is 246 g/mol. The standard InChI is InChI=1S/C12H23N3O2Si/c1-12(2,3)18(4,5)17-8-6-7-10-11(9-16)14-15-13-10/h9H,6-8H2,1-5H3,(H,13,14,15). The van der Waals surface area contributed by atoms with Crippen LogP contribution in [-0.4, -0.2) is 36.6 Å². The first-order valence-electron chi connectivity index (χ1n) is 6.27. The number of aldehydes is 1. The molecule has 0 saturated carbocycles. The molecular formula is C12H23N3O2Si. The van der Waals surface area contributed by atoms with E-state index < -0.39 is 8.32 Å². The number of nitrogens with one attached hydrogen (secondary N) is 1. The van der Waals surface area contributed by atoms with Crippen LogP contribution >= 0.6 is 0 Å². The van der Waals surface area contributed by atoms with E-state index in [1.165, 1.54) is 0 Å². The molecule has 1 aromatic rings. The largest absolute Gasteiger partial charge is 0.417 e. The Bertz CT molecular complexity index is 396. The molecule has 0 amide bonds. The Morgan fingerprint density at radius 1 is 1.33 bits per heavy atom. The zero-order chi connectivity index (χ0) is 13.8. The zero-order valence-electron chi connectivity index (χ0n) is 11.9. The van der Waals surface area contributed by atoms with Crippen LogP contribution in [-0.2, 0) is 10.8 Å². The van der Waals surface area contributed by atoms with Gasteiger partial charge in [0.05, 0.1) is 5.69 Å². The smallest absolute Gasteiger partial charge is 0.191 e. The van der Waals surface area contributed by atoms with Crippen LogP contribution in [0.3, 0.4) is 0 Å². The molecule has 0 aliphatic heterocycles. The molecule has 102 valence electrons. The number of carbonyl (C=O) groups excluding carboxylic acids is 1. The minimum atomic E-state index is -1.66. The van der Waals surface area contributed by atoms with Gasteiger partial charge in [0.15, 0.2) is 14.6 Å². The van der Waals surface area contributed by atoms with Crippen molar-refractivity contribution in [2.45, 2.75) is 51.7 Å². The summed E-state index contributed by atoms with van der Waals surface area (Å²) in [6.07, 6.45) is 2.31. The van der Waals surface area contributed by atoms with E-state index in [9.17, 15) is 4.79 Å². The molecule has 18 heavy (non-hydrogen) atoms. The Morgan fingerprint density at radius 2 is 2.00 bits per heavy atom. The van der Waals surface area contributed by atoms with Gasteiger partial charge < -0.3 is 4.43 Å². The van der Waals surface area contributed by atoms with E-state index in [1.54, 1.807) is 0 Å². The topological polar surface area (TPSA) is 67.9 Å². The second kappa shape index (κ2) is 5.75. The highest BCUT2D eigenvalue weighted by Crippen LogP contribution is 2.36. The summed E-state index contributed by atoms with van der Waals surface area (Å²) in [7, 11) is -1.66. The van der Waals surface area contributed by atoms with Crippen LogP contribution in [0.25, 0.3) is 0 Å². The second-order valence-corrected chi connectivity index (χ2v) is 10.8. The molecule has 0 saturated heterocycles. The van der Waals surface area contributed by atoms with Gasteiger partial charge in [-0.2, -0.15) is 15.4 Å². The number of hydrogen-bond acceptors (Lipinski definition) is 4. The minimum Gasteiger partial charge on any atom is -0.417 e. The summed E-state index contributed by atoms with van der Waals surface area (Å²) in [6, 6.07) is 0. The highest BCUT2D eigenvalue weighted by molar-refractivity contribution is 6.74. The molecule has 1 N–H and O–H groups in total. The first kappa shape index (κ1) is 15.0. The van der Waals surface area contributed by atoms with Gasteiger partial charge in [-0.05, 0) is 31.0 Å². The fraction of sp³-hybridized carbons (Fsp3) is 0.750. The lowest BCUT2D eigenvalue weighted by molar-refractivity contribution is 0.111. The summed E-state index contributed by atoms with van der Waals surface area (Å²) in [5, 5.41) is 10.4. The minimum absolute atomic E-state index is 0.231. The summed E-state index contributed by atoms with van der Waals surface area (Å²) in [6.45, 7) is 11.9. The zero-order valence-corrected chi connectivity index (χ0v) is 12.9. The molecule has 1 heterocycles. The van der Waals surface area contributed by atoms with E-state index in [-0.39, 0.29) is 5.04 Å². The lowest BCUT2D eigenvalue weighted by atomic mass is 10.2. The highest BCUT2D eigenvalue weighted by atomic mass is 28.4. The Morgan fingerprint density at radius 3 is 2.56 bits per heavy atom. The number of aromatic amines is 1. The van der Waals surface area contributed by atoms with Gasteiger partial charge in [-0.3, -0.25) is 4.79 Å². The van der Waals surface area contributed by atoms with Gasteiger partial charge in [0.2, 0.25) is 0 Å². The predicted octanol–water partition coefficient (Wildman–Crippen LogP) is 2.57. The number of aryl methyl sites for hydroxylation is 1. The van der Waals surface area contributed by atoms with E-state index in [0.29, 0.717) is 12.3 Å². The molecule has 1 aromatic heterocycles. The lowest BCUT2D eigenvalue weighted by Gasteiger charge is -2.36. The third kappa shape index (κ3) is 3.74. The Hall–Kier alpha value is -1.01. The first-order chi connectivity index (χ1) is 8.28. The summed E-state index contributed by atoms with van der Waals surface area (Å²) in [5.41, 5.74) is 1.13. The monoisotopic (exact) mass is 269 g/mol. The molecule has 0 atom stereocenters. The van der Waals surface area contributed by atoms with Crippen LogP contribution < -0.4 is 0 Å². The molecule has 6 heteroatoms. The third-order valence-corrected chi connectivity index (χ3v) is 8.13. The number of hydrogen-bond donors (Lipinski definition) is 1. The molecule has 5 nitrogen and oxygen atoms in total. The second-order valence-electron chi connectivity index (χ2n) is 5.99. The van der Waals surface area contributed by atoms with E-state index in [2.05, 4.69) is 49.3 Å². The average molecular weight is 269 g/mol. The van der Waals surface area contributed by atoms with Gasteiger partial charge in [0.1, 0.15) is 5.69 Å². The van der Waals surface area contributed by atoms with Crippen molar-refractivity contribution in [2.24, 2.45) is 0 Å². The first-order valence-corrected chi connectivity index (χ1v) is 9.17. The number of nitrogens with zero attached hydrogens (tertiary/aromatic N) is 2.